The van der Waals surface area contributed by atoms with Crippen LogP contribution in [0.1, 0.15) is 50.4 Å². The summed E-state index contributed by atoms with van der Waals surface area (Å²) in [6.07, 6.45) is 3.75. The quantitative estimate of drug-likeness (QED) is 0.654. The summed E-state index contributed by atoms with van der Waals surface area (Å²) >= 11 is 5.40. The number of anilines is 1. The van der Waals surface area contributed by atoms with E-state index in [2.05, 4.69) is 24.5 Å². The van der Waals surface area contributed by atoms with E-state index in [0.29, 0.717) is 22.6 Å². The third-order valence-corrected chi connectivity index (χ3v) is 4.79. The average molecular weight is 304 g/mol. The molecular formula is C17H24N2OS. The minimum absolute atomic E-state index is 0.0762. The van der Waals surface area contributed by atoms with E-state index in [-0.39, 0.29) is 5.78 Å². The average Bonchev–Trinajstić information content (AvgIpc) is 2.44. The van der Waals surface area contributed by atoms with Gasteiger partial charge in [0.1, 0.15) is 0 Å². The lowest BCUT2D eigenvalue weighted by molar-refractivity contribution is 0.101. The van der Waals surface area contributed by atoms with Crippen LogP contribution in [0, 0.1) is 11.8 Å². The highest BCUT2D eigenvalue weighted by Crippen LogP contribution is 2.29. The molecule has 2 N–H and O–H groups in total. The predicted molar refractivity (Wildman–Crippen MR) is 91.8 cm³/mol. The first-order valence-electron chi connectivity index (χ1n) is 7.66. The molecule has 0 amide bonds. The fourth-order valence-corrected chi connectivity index (χ4v) is 3.18. The van der Waals surface area contributed by atoms with Crippen molar-refractivity contribution in [1.29, 1.82) is 0 Å². The maximum absolute atomic E-state index is 11.2. The molecule has 1 aromatic rings. The molecule has 0 saturated heterocycles. The summed E-state index contributed by atoms with van der Waals surface area (Å²) in [6, 6.07) is 7.86. The smallest absolute Gasteiger partial charge is 0.171 e. The van der Waals surface area contributed by atoms with Crippen LogP contribution >= 0.6 is 12.2 Å². The Morgan fingerprint density at radius 3 is 2.48 bits per heavy atom. The number of thiocarbonyl (C=S) groups is 1. The van der Waals surface area contributed by atoms with Crippen molar-refractivity contribution in [2.45, 2.75) is 46.1 Å². The lowest BCUT2D eigenvalue weighted by Crippen LogP contribution is -2.45. The SMILES string of the molecule is CC(=O)c1ccc(NC(=S)N[C@@H]2CCC[C@@H](C)[C@H]2C)cc1. The molecule has 21 heavy (non-hydrogen) atoms. The maximum atomic E-state index is 11.2. The molecule has 114 valence electrons. The third-order valence-electron chi connectivity index (χ3n) is 4.57. The van der Waals surface area contributed by atoms with E-state index in [4.69, 9.17) is 12.2 Å². The Bertz CT molecular complexity index is 512. The summed E-state index contributed by atoms with van der Waals surface area (Å²) in [4.78, 5) is 11.2. The van der Waals surface area contributed by atoms with Crippen LogP contribution < -0.4 is 10.6 Å². The second-order valence-corrected chi connectivity index (χ2v) is 6.51. The van der Waals surface area contributed by atoms with E-state index in [1.165, 1.54) is 19.3 Å². The van der Waals surface area contributed by atoms with Crippen molar-refractivity contribution < 1.29 is 4.79 Å². The molecule has 4 heteroatoms. The number of hydrogen-bond acceptors (Lipinski definition) is 2. The fraction of sp³-hybridized carbons (Fsp3) is 0.529. The number of benzene rings is 1. The van der Waals surface area contributed by atoms with Gasteiger partial charge >= 0.3 is 0 Å². The van der Waals surface area contributed by atoms with Crippen LogP contribution in [-0.2, 0) is 0 Å². The van der Waals surface area contributed by atoms with Crippen molar-refractivity contribution in [3.05, 3.63) is 29.8 Å². The maximum Gasteiger partial charge on any atom is 0.171 e. The largest absolute Gasteiger partial charge is 0.359 e. The molecule has 0 unspecified atom stereocenters. The van der Waals surface area contributed by atoms with Crippen molar-refractivity contribution in [1.82, 2.24) is 5.32 Å². The Hall–Kier alpha value is -1.42. The van der Waals surface area contributed by atoms with Crippen LogP contribution in [0.25, 0.3) is 0 Å². The van der Waals surface area contributed by atoms with Crippen molar-refractivity contribution >= 4 is 28.8 Å². The zero-order valence-electron chi connectivity index (χ0n) is 13.0. The van der Waals surface area contributed by atoms with Crippen LogP contribution in [0.2, 0.25) is 0 Å². The molecule has 1 aliphatic carbocycles. The summed E-state index contributed by atoms with van der Waals surface area (Å²) in [5.74, 6) is 1.46. The molecule has 0 heterocycles. The first-order valence-corrected chi connectivity index (χ1v) is 8.06. The van der Waals surface area contributed by atoms with Gasteiger partial charge in [-0.15, -0.1) is 0 Å². The number of nitrogens with one attached hydrogen (secondary N) is 2. The Balaban J connectivity index is 1.90. The van der Waals surface area contributed by atoms with Crippen molar-refractivity contribution in [2.75, 3.05) is 5.32 Å². The molecule has 0 radical (unpaired) electrons. The van der Waals surface area contributed by atoms with Gasteiger partial charge in [-0.1, -0.05) is 26.7 Å². The minimum Gasteiger partial charge on any atom is -0.359 e. The molecule has 3 atom stereocenters. The number of hydrogen-bond donors (Lipinski definition) is 2. The highest BCUT2D eigenvalue weighted by atomic mass is 32.1. The molecule has 1 aliphatic rings. The van der Waals surface area contributed by atoms with Gasteiger partial charge in [-0.2, -0.15) is 0 Å². The molecule has 3 nitrogen and oxygen atoms in total. The fourth-order valence-electron chi connectivity index (χ4n) is 2.91. The van der Waals surface area contributed by atoms with E-state index in [1.807, 2.05) is 24.3 Å². The van der Waals surface area contributed by atoms with Crippen LogP contribution in [0.3, 0.4) is 0 Å². The minimum atomic E-state index is 0.0762. The zero-order valence-corrected chi connectivity index (χ0v) is 13.8. The van der Waals surface area contributed by atoms with E-state index < -0.39 is 0 Å². The molecule has 1 fully saturated rings. The monoisotopic (exact) mass is 304 g/mol. The van der Waals surface area contributed by atoms with E-state index in [1.54, 1.807) is 6.92 Å². The van der Waals surface area contributed by atoms with Gasteiger partial charge in [0.2, 0.25) is 0 Å². The topological polar surface area (TPSA) is 41.1 Å². The Labute approximate surface area is 132 Å². The second-order valence-electron chi connectivity index (χ2n) is 6.11. The van der Waals surface area contributed by atoms with E-state index in [9.17, 15) is 4.79 Å². The van der Waals surface area contributed by atoms with Crippen LogP contribution in [0.15, 0.2) is 24.3 Å². The Morgan fingerprint density at radius 2 is 1.86 bits per heavy atom. The van der Waals surface area contributed by atoms with Gasteiger partial charge in [0.15, 0.2) is 10.9 Å². The summed E-state index contributed by atoms with van der Waals surface area (Å²) < 4.78 is 0. The van der Waals surface area contributed by atoms with Gasteiger partial charge in [-0.05, 0) is 61.7 Å². The zero-order chi connectivity index (χ0) is 15.4. The molecule has 1 aromatic carbocycles. The van der Waals surface area contributed by atoms with Crippen molar-refractivity contribution in [3.8, 4) is 0 Å². The Morgan fingerprint density at radius 1 is 1.19 bits per heavy atom. The molecule has 1 saturated carbocycles. The summed E-state index contributed by atoms with van der Waals surface area (Å²) in [5, 5.41) is 7.30. The summed E-state index contributed by atoms with van der Waals surface area (Å²) in [5.41, 5.74) is 1.63. The van der Waals surface area contributed by atoms with Crippen molar-refractivity contribution in [2.24, 2.45) is 11.8 Å². The molecule has 0 spiro atoms. The first-order chi connectivity index (χ1) is 9.97. The number of carbonyl (C=O) groups is 1. The van der Waals surface area contributed by atoms with Gasteiger partial charge in [-0.3, -0.25) is 4.79 Å². The summed E-state index contributed by atoms with van der Waals surface area (Å²) in [7, 11) is 0. The highest BCUT2D eigenvalue weighted by molar-refractivity contribution is 7.80. The highest BCUT2D eigenvalue weighted by Gasteiger charge is 2.27. The van der Waals surface area contributed by atoms with Crippen LogP contribution in [-0.4, -0.2) is 16.9 Å². The van der Waals surface area contributed by atoms with Gasteiger partial charge in [0, 0.05) is 17.3 Å². The molecule has 2 rings (SSSR count). The van der Waals surface area contributed by atoms with Crippen molar-refractivity contribution in [3.63, 3.8) is 0 Å². The number of ketones is 1. The Kier molecular flexibility index (Phi) is 5.34. The number of rotatable bonds is 3. The lowest BCUT2D eigenvalue weighted by Gasteiger charge is -2.35. The van der Waals surface area contributed by atoms with Gasteiger partial charge in [0.05, 0.1) is 0 Å². The predicted octanol–water partition coefficient (Wildman–Crippen LogP) is 4.00. The number of Topliss-reactive ketones (excluding diaryl/α,β-unsaturated/α-hetero) is 1. The molecule has 0 aliphatic heterocycles. The van der Waals surface area contributed by atoms with Crippen LogP contribution in [0.5, 0.6) is 0 Å². The van der Waals surface area contributed by atoms with Gasteiger partial charge in [0.25, 0.3) is 0 Å². The molecule has 0 bridgehead atoms. The normalized spacial score (nSPS) is 25.2. The standard InChI is InChI=1S/C17H24N2OS/c1-11-5-4-6-16(12(11)2)19-17(21)18-15-9-7-14(8-10-15)13(3)20/h7-12,16H,4-6H2,1-3H3,(H2,18,19,21)/t11-,12-,16-/m1/s1. The van der Waals surface area contributed by atoms with Gasteiger partial charge < -0.3 is 10.6 Å². The molecular weight excluding hydrogens is 280 g/mol. The van der Waals surface area contributed by atoms with Crippen LogP contribution in [0.4, 0.5) is 5.69 Å². The third kappa shape index (κ3) is 4.27. The molecule has 0 aromatic heterocycles. The second kappa shape index (κ2) is 7.03. The van der Waals surface area contributed by atoms with E-state index in [0.717, 1.165) is 11.6 Å². The van der Waals surface area contributed by atoms with E-state index >= 15 is 0 Å². The summed E-state index contributed by atoms with van der Waals surface area (Å²) in [6.45, 7) is 6.18. The number of carbonyl (C=O) groups excluding carboxylic acids is 1. The lowest BCUT2D eigenvalue weighted by atomic mass is 9.78. The van der Waals surface area contributed by atoms with Gasteiger partial charge in [-0.25, -0.2) is 0 Å². The first kappa shape index (κ1) is 16.0.